The Morgan fingerprint density at radius 3 is 2.72 bits per heavy atom. The van der Waals surface area contributed by atoms with E-state index in [0.717, 1.165) is 28.9 Å². The average molecular weight is 509 g/mol. The number of aromatic nitrogens is 3. The Bertz CT molecular complexity index is 1340. The molecular formula is C25H28N6O4S. The number of ether oxygens (including phenoxy) is 1. The molecule has 0 bridgehead atoms. The Labute approximate surface area is 212 Å². The fourth-order valence-electron chi connectivity index (χ4n) is 4.99. The minimum absolute atomic E-state index is 0.0254. The maximum atomic E-state index is 13.0. The number of aryl methyl sites for hydroxylation is 1. The molecule has 11 heteroatoms. The van der Waals surface area contributed by atoms with Gasteiger partial charge in [-0.1, -0.05) is 23.5 Å². The van der Waals surface area contributed by atoms with E-state index in [1.165, 1.54) is 24.2 Å². The van der Waals surface area contributed by atoms with Crippen LogP contribution in [0.25, 0.3) is 10.9 Å². The van der Waals surface area contributed by atoms with Crippen molar-refractivity contribution in [1.82, 2.24) is 25.0 Å². The molecule has 1 saturated carbocycles. The zero-order chi connectivity index (χ0) is 24.8. The van der Waals surface area contributed by atoms with Gasteiger partial charge in [-0.25, -0.2) is 4.98 Å². The van der Waals surface area contributed by atoms with Gasteiger partial charge in [0.05, 0.1) is 17.8 Å². The summed E-state index contributed by atoms with van der Waals surface area (Å²) in [6.45, 7) is 1.24. The number of fused-ring (bicyclic) bond motifs is 1. The SMILES string of the molecule is Cn1nc(C2CCC(=O)NC2=O)c2cccc(OC3CCN(C(=O)c4cnc(NC5CC5)s4)CC3)c21. The second-order valence-electron chi connectivity index (χ2n) is 9.72. The highest BCUT2D eigenvalue weighted by Gasteiger charge is 2.33. The van der Waals surface area contributed by atoms with Crippen molar-refractivity contribution in [3.63, 3.8) is 0 Å². The van der Waals surface area contributed by atoms with Gasteiger partial charge in [-0.05, 0) is 25.3 Å². The normalized spacial score (nSPS) is 21.0. The summed E-state index contributed by atoms with van der Waals surface area (Å²) >= 11 is 1.42. The van der Waals surface area contributed by atoms with Crippen LogP contribution in [0.3, 0.4) is 0 Å². The van der Waals surface area contributed by atoms with Crippen LogP contribution in [-0.2, 0) is 16.6 Å². The smallest absolute Gasteiger partial charge is 0.265 e. The number of carbonyl (C=O) groups is 3. The number of para-hydroxylation sites is 1. The Morgan fingerprint density at radius 2 is 1.97 bits per heavy atom. The third kappa shape index (κ3) is 4.43. The van der Waals surface area contributed by atoms with Gasteiger partial charge >= 0.3 is 0 Å². The van der Waals surface area contributed by atoms with Gasteiger partial charge in [0.15, 0.2) is 5.13 Å². The summed E-state index contributed by atoms with van der Waals surface area (Å²) in [4.78, 5) is 43.9. The van der Waals surface area contributed by atoms with E-state index in [4.69, 9.17) is 4.74 Å². The van der Waals surface area contributed by atoms with Crippen molar-refractivity contribution in [1.29, 1.82) is 0 Å². The van der Waals surface area contributed by atoms with E-state index in [1.807, 2.05) is 30.1 Å². The first-order valence-electron chi connectivity index (χ1n) is 12.4. The van der Waals surface area contributed by atoms with Crippen LogP contribution in [-0.4, -0.2) is 62.6 Å². The summed E-state index contributed by atoms with van der Waals surface area (Å²) in [7, 11) is 1.84. The summed E-state index contributed by atoms with van der Waals surface area (Å²) in [5, 5.41) is 12.1. The van der Waals surface area contributed by atoms with E-state index in [-0.39, 0.29) is 23.8 Å². The van der Waals surface area contributed by atoms with Gasteiger partial charge in [0, 0.05) is 50.8 Å². The Kier molecular flexibility index (Phi) is 5.87. The minimum atomic E-state index is -0.456. The lowest BCUT2D eigenvalue weighted by Crippen LogP contribution is -2.41. The third-order valence-electron chi connectivity index (χ3n) is 7.07. The van der Waals surface area contributed by atoms with Crippen molar-refractivity contribution in [3.8, 4) is 5.75 Å². The fraction of sp³-hybridized carbons (Fsp3) is 0.480. The van der Waals surface area contributed by atoms with Gasteiger partial charge in [-0.3, -0.25) is 24.4 Å². The van der Waals surface area contributed by atoms with E-state index in [1.54, 1.807) is 10.9 Å². The van der Waals surface area contributed by atoms with Crippen molar-refractivity contribution in [2.45, 2.75) is 56.6 Å². The Morgan fingerprint density at radius 1 is 1.17 bits per heavy atom. The van der Waals surface area contributed by atoms with E-state index in [9.17, 15) is 14.4 Å². The molecule has 0 spiro atoms. The van der Waals surface area contributed by atoms with Gasteiger partial charge in [-0.2, -0.15) is 5.10 Å². The second-order valence-corrected chi connectivity index (χ2v) is 10.8. The van der Waals surface area contributed by atoms with Crippen LogP contribution in [0.15, 0.2) is 24.4 Å². The number of hydrogen-bond donors (Lipinski definition) is 2. The van der Waals surface area contributed by atoms with Crippen molar-refractivity contribution >= 4 is 45.1 Å². The largest absolute Gasteiger partial charge is 0.488 e. The number of imide groups is 1. The molecule has 1 unspecified atom stereocenters. The molecule has 3 fully saturated rings. The number of piperidine rings is 2. The van der Waals surface area contributed by atoms with E-state index >= 15 is 0 Å². The van der Waals surface area contributed by atoms with Crippen molar-refractivity contribution < 1.29 is 19.1 Å². The Balaban J connectivity index is 1.12. The molecule has 188 valence electrons. The maximum Gasteiger partial charge on any atom is 0.265 e. The molecule has 1 aliphatic carbocycles. The quantitative estimate of drug-likeness (QED) is 0.492. The maximum absolute atomic E-state index is 13.0. The lowest BCUT2D eigenvalue weighted by atomic mass is 9.93. The number of thiazole rings is 1. The summed E-state index contributed by atoms with van der Waals surface area (Å²) < 4.78 is 8.16. The molecule has 1 atom stereocenters. The van der Waals surface area contributed by atoms with Crippen LogP contribution in [0.1, 0.15) is 59.8 Å². The lowest BCUT2D eigenvalue weighted by Gasteiger charge is -2.32. The molecule has 4 heterocycles. The number of benzene rings is 1. The van der Waals surface area contributed by atoms with Crippen molar-refractivity contribution in [2.24, 2.45) is 7.05 Å². The van der Waals surface area contributed by atoms with Gasteiger partial charge < -0.3 is 15.0 Å². The van der Waals surface area contributed by atoms with Crippen molar-refractivity contribution in [3.05, 3.63) is 35.0 Å². The first-order valence-corrected chi connectivity index (χ1v) is 13.3. The molecule has 0 radical (unpaired) electrons. The van der Waals surface area contributed by atoms with E-state index in [2.05, 4.69) is 20.7 Å². The molecule has 2 aliphatic heterocycles. The van der Waals surface area contributed by atoms with Crippen LogP contribution in [0, 0.1) is 0 Å². The summed E-state index contributed by atoms with van der Waals surface area (Å²) in [6.07, 6.45) is 6.19. The number of carbonyl (C=O) groups excluding carboxylic acids is 3. The predicted molar refractivity (Wildman–Crippen MR) is 134 cm³/mol. The monoisotopic (exact) mass is 508 g/mol. The van der Waals surface area contributed by atoms with Crippen molar-refractivity contribution in [2.75, 3.05) is 18.4 Å². The molecule has 2 aromatic heterocycles. The van der Waals surface area contributed by atoms with Crippen LogP contribution < -0.4 is 15.4 Å². The summed E-state index contributed by atoms with van der Waals surface area (Å²) in [5.74, 6) is -0.258. The Hall–Kier alpha value is -3.47. The zero-order valence-electron chi connectivity index (χ0n) is 20.0. The summed E-state index contributed by atoms with van der Waals surface area (Å²) in [6, 6.07) is 6.28. The number of likely N-dealkylation sites (tertiary alicyclic amines) is 1. The van der Waals surface area contributed by atoms with Crippen LogP contribution in [0.5, 0.6) is 5.75 Å². The van der Waals surface area contributed by atoms with E-state index < -0.39 is 5.92 Å². The van der Waals surface area contributed by atoms with Crippen LogP contribution in [0.4, 0.5) is 5.13 Å². The summed E-state index contributed by atoms with van der Waals surface area (Å²) in [5.41, 5.74) is 1.50. The topological polar surface area (TPSA) is 118 Å². The third-order valence-corrected chi connectivity index (χ3v) is 7.99. The molecule has 10 nitrogen and oxygen atoms in total. The molecule has 6 rings (SSSR count). The first kappa shape index (κ1) is 23.0. The second kappa shape index (κ2) is 9.20. The fourth-order valence-corrected chi connectivity index (χ4v) is 5.85. The molecule has 2 N–H and O–H groups in total. The number of nitrogens with one attached hydrogen (secondary N) is 2. The molecule has 3 aliphatic rings. The number of rotatable bonds is 6. The predicted octanol–water partition coefficient (Wildman–Crippen LogP) is 2.81. The van der Waals surface area contributed by atoms with E-state index in [0.29, 0.717) is 48.3 Å². The van der Waals surface area contributed by atoms with Gasteiger partial charge in [0.2, 0.25) is 11.8 Å². The van der Waals surface area contributed by atoms with Gasteiger partial charge in [-0.15, -0.1) is 0 Å². The average Bonchev–Trinajstić information content (AvgIpc) is 3.45. The number of anilines is 1. The minimum Gasteiger partial charge on any atom is -0.488 e. The van der Waals surface area contributed by atoms with Crippen LogP contribution >= 0.6 is 11.3 Å². The molecule has 2 saturated heterocycles. The van der Waals surface area contributed by atoms with Gasteiger partial charge in [0.1, 0.15) is 22.2 Å². The number of hydrogen-bond acceptors (Lipinski definition) is 8. The highest BCUT2D eigenvalue weighted by atomic mass is 32.1. The highest BCUT2D eigenvalue weighted by molar-refractivity contribution is 7.17. The molecule has 1 aromatic carbocycles. The van der Waals surface area contributed by atoms with Gasteiger partial charge in [0.25, 0.3) is 5.91 Å². The first-order chi connectivity index (χ1) is 17.5. The lowest BCUT2D eigenvalue weighted by molar-refractivity contribution is -0.134. The molecule has 36 heavy (non-hydrogen) atoms. The van der Waals surface area contributed by atoms with Crippen LogP contribution in [0.2, 0.25) is 0 Å². The standard InChI is InChI=1S/C25H28N6O4S/c1-30-22-16(21(29-30)17-7-8-20(32)28-23(17)33)3-2-4-18(22)35-15-9-11-31(12-10-15)24(34)19-13-26-25(36-19)27-14-5-6-14/h2-4,13-15,17H,5-12H2,1H3,(H,26,27)(H,28,32,33). The zero-order valence-corrected chi connectivity index (χ0v) is 20.8. The molecule has 3 amide bonds. The number of amides is 3. The number of nitrogens with zero attached hydrogens (tertiary/aromatic N) is 4. The highest BCUT2D eigenvalue weighted by Crippen LogP contribution is 2.35. The molecule has 3 aromatic rings. The molecular weight excluding hydrogens is 480 g/mol.